The minimum atomic E-state index is -0.247. The Morgan fingerprint density at radius 3 is 2.28 bits per heavy atom. The predicted molar refractivity (Wildman–Crippen MR) is 128 cm³/mol. The van der Waals surface area contributed by atoms with Gasteiger partial charge in [-0.2, -0.15) is 5.10 Å². The lowest BCUT2D eigenvalue weighted by Crippen LogP contribution is -2.13. The molecule has 32 heavy (non-hydrogen) atoms. The quantitative estimate of drug-likeness (QED) is 0.301. The van der Waals surface area contributed by atoms with Crippen LogP contribution >= 0.6 is 0 Å². The van der Waals surface area contributed by atoms with Gasteiger partial charge in [-0.05, 0) is 36.8 Å². The maximum absolute atomic E-state index is 12.0. The smallest absolute Gasteiger partial charge is 0.308 e. The van der Waals surface area contributed by atoms with Gasteiger partial charge in [0.15, 0.2) is 5.76 Å². The molecule has 1 atom stereocenters. The molecule has 0 aliphatic carbocycles. The summed E-state index contributed by atoms with van der Waals surface area (Å²) in [6.45, 7) is 12.5. The highest BCUT2D eigenvalue weighted by Crippen LogP contribution is 2.36. The summed E-state index contributed by atoms with van der Waals surface area (Å²) in [5, 5.41) is 4.57. The van der Waals surface area contributed by atoms with E-state index in [4.69, 9.17) is 9.47 Å². The molecule has 0 radical (unpaired) electrons. The molecule has 2 heterocycles. The van der Waals surface area contributed by atoms with Gasteiger partial charge in [-0.15, -0.1) is 0 Å². The van der Waals surface area contributed by atoms with E-state index in [1.54, 1.807) is 0 Å². The largest absolute Gasteiger partial charge is 0.455 e. The van der Waals surface area contributed by atoms with E-state index in [9.17, 15) is 4.79 Å². The molecule has 0 spiro atoms. The summed E-state index contributed by atoms with van der Waals surface area (Å²) in [5.74, 6) is 0.405. The number of hydrogen-bond acceptors (Lipinski definition) is 5. The molecule has 1 aliphatic rings. The lowest BCUT2D eigenvalue weighted by Gasteiger charge is -2.21. The van der Waals surface area contributed by atoms with Crippen molar-refractivity contribution < 1.29 is 14.3 Å². The highest BCUT2D eigenvalue weighted by Gasteiger charge is 2.30. The van der Waals surface area contributed by atoms with Crippen LogP contribution in [0.15, 0.2) is 29.3 Å². The number of unbranched alkanes of at least 4 members (excludes halogenated alkanes) is 1. The standard InChI is InChI=1S/C26H35N3O3/c1-8-9-10-22(30)31-16-32-25(24-17(2)18(3)28-29(24)7)23(21-15-27-21)19-11-13-20(14-12-19)26(4,5)6/h11-15,21H,8-10,16H2,1-7H3/b25-23+. The van der Waals surface area contributed by atoms with Gasteiger partial charge < -0.3 is 9.47 Å². The van der Waals surface area contributed by atoms with E-state index in [1.807, 2.05) is 38.7 Å². The molecule has 3 rings (SSSR count). The molecule has 0 saturated heterocycles. The lowest BCUT2D eigenvalue weighted by molar-refractivity contribution is -0.151. The first kappa shape index (κ1) is 23.8. The normalized spacial score (nSPS) is 16.0. The van der Waals surface area contributed by atoms with E-state index >= 15 is 0 Å². The number of carbonyl (C=O) groups excluding carboxylic acids is 1. The van der Waals surface area contributed by atoms with Crippen LogP contribution in [0.5, 0.6) is 0 Å². The molecule has 2 aromatic rings. The number of benzene rings is 1. The van der Waals surface area contributed by atoms with Gasteiger partial charge in [0, 0.05) is 30.8 Å². The molecule has 172 valence electrons. The molecule has 1 aromatic carbocycles. The third-order valence-electron chi connectivity index (χ3n) is 5.79. The molecule has 0 bridgehead atoms. The second-order valence-electron chi connectivity index (χ2n) is 9.38. The fourth-order valence-electron chi connectivity index (χ4n) is 3.68. The van der Waals surface area contributed by atoms with Crippen molar-refractivity contribution in [3.8, 4) is 0 Å². The van der Waals surface area contributed by atoms with Crippen molar-refractivity contribution in [2.24, 2.45) is 12.0 Å². The molecule has 0 amide bonds. The predicted octanol–water partition coefficient (Wildman–Crippen LogP) is 5.36. The third kappa shape index (κ3) is 5.47. The van der Waals surface area contributed by atoms with E-state index in [0.29, 0.717) is 12.2 Å². The number of rotatable bonds is 9. The Hall–Kier alpha value is -2.89. The Morgan fingerprint density at radius 1 is 1.12 bits per heavy atom. The highest BCUT2D eigenvalue weighted by molar-refractivity contribution is 6.04. The van der Waals surface area contributed by atoms with Crippen LogP contribution in [-0.4, -0.2) is 34.8 Å². The molecule has 6 heteroatoms. The average molecular weight is 438 g/mol. The lowest BCUT2D eigenvalue weighted by atomic mass is 9.85. The van der Waals surface area contributed by atoms with Crippen LogP contribution in [0.1, 0.15) is 75.0 Å². The highest BCUT2D eigenvalue weighted by atomic mass is 16.7. The van der Waals surface area contributed by atoms with Crippen molar-refractivity contribution in [1.82, 2.24) is 9.78 Å². The number of nitrogens with zero attached hydrogens (tertiary/aromatic N) is 3. The van der Waals surface area contributed by atoms with E-state index in [0.717, 1.165) is 40.9 Å². The van der Waals surface area contributed by atoms with Gasteiger partial charge in [0.1, 0.15) is 11.7 Å². The minimum absolute atomic E-state index is 0.0594. The topological polar surface area (TPSA) is 65.7 Å². The van der Waals surface area contributed by atoms with E-state index in [2.05, 4.69) is 55.1 Å². The number of aryl methyl sites for hydroxylation is 2. The second-order valence-corrected chi connectivity index (χ2v) is 9.38. The van der Waals surface area contributed by atoms with Crippen molar-refractivity contribution >= 4 is 23.5 Å². The average Bonchev–Trinajstić information content (AvgIpc) is 3.53. The van der Waals surface area contributed by atoms with Gasteiger partial charge in [-0.3, -0.25) is 14.5 Å². The molecular formula is C26H35N3O3. The summed E-state index contributed by atoms with van der Waals surface area (Å²) < 4.78 is 13.4. The zero-order valence-corrected chi connectivity index (χ0v) is 20.4. The number of aromatic nitrogens is 2. The van der Waals surface area contributed by atoms with Crippen molar-refractivity contribution in [3.63, 3.8) is 0 Å². The van der Waals surface area contributed by atoms with Gasteiger partial charge in [0.2, 0.25) is 6.79 Å². The minimum Gasteiger partial charge on any atom is -0.455 e. The first-order chi connectivity index (χ1) is 15.1. The molecule has 6 nitrogen and oxygen atoms in total. The molecule has 0 N–H and O–H groups in total. The maximum atomic E-state index is 12.0. The number of carbonyl (C=O) groups is 1. The van der Waals surface area contributed by atoms with Crippen LogP contribution in [0, 0.1) is 13.8 Å². The van der Waals surface area contributed by atoms with Crippen molar-refractivity contribution in [2.75, 3.05) is 6.79 Å². The van der Waals surface area contributed by atoms with Crippen molar-refractivity contribution in [3.05, 3.63) is 52.3 Å². The molecular weight excluding hydrogens is 402 g/mol. The summed E-state index contributed by atoms with van der Waals surface area (Å²) in [4.78, 5) is 16.5. The Morgan fingerprint density at radius 2 is 1.78 bits per heavy atom. The van der Waals surface area contributed by atoms with Crippen LogP contribution in [0.2, 0.25) is 0 Å². The molecule has 0 fully saturated rings. The molecule has 1 aromatic heterocycles. The fraction of sp³-hybridized carbons (Fsp3) is 0.500. The molecule has 1 unspecified atom stereocenters. The first-order valence-electron chi connectivity index (χ1n) is 11.3. The number of ether oxygens (including phenoxy) is 2. The van der Waals surface area contributed by atoms with Crippen LogP contribution in [-0.2, 0) is 26.7 Å². The summed E-state index contributed by atoms with van der Waals surface area (Å²) >= 11 is 0. The van der Waals surface area contributed by atoms with Crippen LogP contribution in [0.3, 0.4) is 0 Å². The number of hydrogen-bond donors (Lipinski definition) is 0. The summed E-state index contributed by atoms with van der Waals surface area (Å²) in [5.41, 5.74) is 6.16. The van der Waals surface area contributed by atoms with E-state index < -0.39 is 0 Å². The number of esters is 1. The molecule has 0 saturated carbocycles. The summed E-state index contributed by atoms with van der Waals surface area (Å²) in [6, 6.07) is 8.48. The summed E-state index contributed by atoms with van der Waals surface area (Å²) in [6.07, 6.45) is 4.06. The maximum Gasteiger partial charge on any atom is 0.308 e. The second kappa shape index (κ2) is 9.72. The van der Waals surface area contributed by atoms with Crippen molar-refractivity contribution in [1.29, 1.82) is 0 Å². The van der Waals surface area contributed by atoms with Gasteiger partial charge in [0.05, 0.1) is 5.69 Å². The van der Waals surface area contributed by atoms with Crippen LogP contribution in [0.25, 0.3) is 11.3 Å². The van der Waals surface area contributed by atoms with Crippen LogP contribution in [0.4, 0.5) is 0 Å². The third-order valence-corrected chi connectivity index (χ3v) is 5.79. The van der Waals surface area contributed by atoms with Gasteiger partial charge in [-0.25, -0.2) is 0 Å². The Kier molecular flexibility index (Phi) is 7.22. The van der Waals surface area contributed by atoms with E-state index in [1.165, 1.54) is 5.56 Å². The Labute approximate surface area is 191 Å². The number of aliphatic imine (C=N–C) groups is 1. The zero-order chi connectivity index (χ0) is 23.5. The first-order valence-corrected chi connectivity index (χ1v) is 11.3. The zero-order valence-electron chi connectivity index (χ0n) is 20.4. The van der Waals surface area contributed by atoms with E-state index in [-0.39, 0.29) is 24.2 Å². The molecule has 1 aliphatic heterocycles. The van der Waals surface area contributed by atoms with Gasteiger partial charge in [0.25, 0.3) is 0 Å². The SMILES string of the molecule is CCCCC(=O)OCO/C(=C(\c1ccc(C(C)(C)C)cc1)C1C=N1)c1c(C)c(C)nn1C. The van der Waals surface area contributed by atoms with Gasteiger partial charge in [-0.1, -0.05) is 58.4 Å². The fourth-order valence-corrected chi connectivity index (χ4v) is 3.68. The van der Waals surface area contributed by atoms with Crippen molar-refractivity contribution in [2.45, 2.75) is 72.3 Å². The Bertz CT molecular complexity index is 1020. The van der Waals surface area contributed by atoms with Crippen LogP contribution < -0.4 is 0 Å². The van der Waals surface area contributed by atoms with Gasteiger partial charge >= 0.3 is 5.97 Å². The Balaban J connectivity index is 2.01. The summed E-state index contributed by atoms with van der Waals surface area (Å²) in [7, 11) is 1.90. The monoisotopic (exact) mass is 437 g/mol.